The van der Waals surface area contributed by atoms with Crippen molar-refractivity contribution in [3.63, 3.8) is 0 Å². The smallest absolute Gasteiger partial charge is 0.358 e. The highest BCUT2D eigenvalue weighted by Crippen LogP contribution is 2.13. The summed E-state index contributed by atoms with van der Waals surface area (Å²) >= 11 is 0. The minimum absolute atomic E-state index is 0.0584. The van der Waals surface area contributed by atoms with Gasteiger partial charge in [0.1, 0.15) is 18.0 Å². The van der Waals surface area contributed by atoms with E-state index in [0.717, 1.165) is 16.0 Å². The van der Waals surface area contributed by atoms with Crippen molar-refractivity contribution in [2.45, 2.75) is 13.1 Å². The largest absolute Gasteiger partial charge is 0.497 e. The van der Waals surface area contributed by atoms with Gasteiger partial charge in [-0.3, -0.25) is 4.79 Å². The standard InChI is InChI=1S/C19H19N5O6/c1-28-13-6-4-12(5-7-13)9-23-10-15(20-22-23)17(25)11-24-16(19(27)30-3)8-14(21-24)18(26)29-2/h4-8,10H,9,11H2,1-3H3. The van der Waals surface area contributed by atoms with Crippen LogP contribution in [0, 0.1) is 0 Å². The molecule has 3 aromatic rings. The van der Waals surface area contributed by atoms with E-state index in [4.69, 9.17) is 4.74 Å². The number of Topliss-reactive ketones (excluding diaryl/α,β-unsaturated/α-hetero) is 1. The Morgan fingerprint density at radius 2 is 1.67 bits per heavy atom. The van der Waals surface area contributed by atoms with Crippen molar-refractivity contribution in [1.29, 1.82) is 0 Å². The van der Waals surface area contributed by atoms with Crippen LogP contribution in [0.2, 0.25) is 0 Å². The molecule has 0 aliphatic rings. The Morgan fingerprint density at radius 1 is 0.967 bits per heavy atom. The maximum atomic E-state index is 12.6. The van der Waals surface area contributed by atoms with Crippen molar-refractivity contribution in [3.8, 4) is 5.75 Å². The first-order valence-corrected chi connectivity index (χ1v) is 8.76. The van der Waals surface area contributed by atoms with Crippen LogP contribution in [0.15, 0.2) is 36.5 Å². The summed E-state index contributed by atoms with van der Waals surface area (Å²) in [5.74, 6) is -1.19. The second-order valence-corrected chi connectivity index (χ2v) is 6.13. The van der Waals surface area contributed by atoms with E-state index in [-0.39, 0.29) is 23.6 Å². The van der Waals surface area contributed by atoms with Gasteiger partial charge in [0.15, 0.2) is 11.4 Å². The second kappa shape index (κ2) is 8.99. The number of benzene rings is 1. The molecule has 0 atom stereocenters. The van der Waals surface area contributed by atoms with Crippen LogP contribution in [0.25, 0.3) is 0 Å². The van der Waals surface area contributed by atoms with Crippen LogP contribution in [-0.4, -0.2) is 63.8 Å². The van der Waals surface area contributed by atoms with Gasteiger partial charge in [-0.15, -0.1) is 5.10 Å². The third-order valence-corrected chi connectivity index (χ3v) is 4.19. The number of nitrogens with zero attached hydrogens (tertiary/aromatic N) is 5. The molecule has 0 aliphatic heterocycles. The van der Waals surface area contributed by atoms with Crippen LogP contribution < -0.4 is 4.74 Å². The van der Waals surface area contributed by atoms with Crippen LogP contribution in [0.4, 0.5) is 0 Å². The molecule has 0 bridgehead atoms. The SMILES string of the molecule is COC(=O)c1cc(C(=O)OC)n(CC(=O)c2cn(Cc3ccc(OC)cc3)nn2)n1. The lowest BCUT2D eigenvalue weighted by Gasteiger charge is -2.04. The molecule has 0 saturated heterocycles. The van der Waals surface area contributed by atoms with Crippen LogP contribution in [-0.2, 0) is 22.6 Å². The zero-order valence-electron chi connectivity index (χ0n) is 16.6. The van der Waals surface area contributed by atoms with Crippen LogP contribution in [0.3, 0.4) is 0 Å². The van der Waals surface area contributed by atoms with Gasteiger partial charge in [0.05, 0.1) is 34.1 Å². The molecule has 11 nitrogen and oxygen atoms in total. The van der Waals surface area contributed by atoms with Crippen molar-refractivity contribution in [3.05, 3.63) is 59.2 Å². The molecular formula is C19H19N5O6. The molecule has 0 spiro atoms. The van der Waals surface area contributed by atoms with Gasteiger partial charge in [0.2, 0.25) is 5.78 Å². The summed E-state index contributed by atoms with van der Waals surface area (Å²) in [7, 11) is 3.96. The molecule has 30 heavy (non-hydrogen) atoms. The quantitative estimate of drug-likeness (QED) is 0.392. The zero-order valence-corrected chi connectivity index (χ0v) is 16.6. The number of hydrogen-bond donors (Lipinski definition) is 0. The molecular weight excluding hydrogens is 394 g/mol. The Bertz CT molecular complexity index is 1070. The molecule has 0 aliphatic carbocycles. The van der Waals surface area contributed by atoms with Crippen LogP contribution in [0.5, 0.6) is 5.75 Å². The number of rotatable bonds is 8. The van der Waals surface area contributed by atoms with Gasteiger partial charge >= 0.3 is 11.9 Å². The fourth-order valence-electron chi connectivity index (χ4n) is 2.65. The number of hydrogen-bond acceptors (Lipinski definition) is 9. The van der Waals surface area contributed by atoms with Crippen molar-refractivity contribution in [1.82, 2.24) is 24.8 Å². The molecule has 1 aromatic carbocycles. The Morgan fingerprint density at radius 3 is 2.30 bits per heavy atom. The lowest BCUT2D eigenvalue weighted by atomic mass is 10.2. The number of carbonyl (C=O) groups is 3. The van der Waals surface area contributed by atoms with Crippen molar-refractivity contribution in [2.24, 2.45) is 0 Å². The lowest BCUT2D eigenvalue weighted by Crippen LogP contribution is -2.18. The van der Waals surface area contributed by atoms with Crippen molar-refractivity contribution < 1.29 is 28.6 Å². The predicted molar refractivity (Wildman–Crippen MR) is 101 cm³/mol. The van der Waals surface area contributed by atoms with E-state index in [2.05, 4.69) is 24.9 Å². The highest BCUT2D eigenvalue weighted by molar-refractivity contribution is 5.96. The minimum atomic E-state index is -0.742. The third-order valence-electron chi connectivity index (χ3n) is 4.19. The van der Waals surface area contributed by atoms with E-state index >= 15 is 0 Å². The zero-order chi connectivity index (χ0) is 21.7. The number of ketones is 1. The molecule has 11 heteroatoms. The summed E-state index contributed by atoms with van der Waals surface area (Å²) in [5, 5.41) is 11.8. The summed E-state index contributed by atoms with van der Waals surface area (Å²) in [6.45, 7) is 0.0780. The Kier molecular flexibility index (Phi) is 6.20. The van der Waals surface area contributed by atoms with Gasteiger partial charge in [-0.05, 0) is 17.7 Å². The monoisotopic (exact) mass is 413 g/mol. The Balaban J connectivity index is 1.75. The molecule has 0 unspecified atom stereocenters. The van der Waals surface area contributed by atoms with Crippen molar-refractivity contribution >= 4 is 17.7 Å². The molecule has 3 rings (SSSR count). The van der Waals surface area contributed by atoms with Gasteiger partial charge in [0.25, 0.3) is 0 Å². The molecule has 0 N–H and O–H groups in total. The maximum absolute atomic E-state index is 12.6. The number of aromatic nitrogens is 5. The Labute approximate surface area is 171 Å². The van der Waals surface area contributed by atoms with Crippen LogP contribution >= 0.6 is 0 Å². The molecule has 0 amide bonds. The second-order valence-electron chi connectivity index (χ2n) is 6.13. The molecule has 156 valence electrons. The van der Waals surface area contributed by atoms with E-state index in [0.29, 0.717) is 6.54 Å². The number of methoxy groups -OCH3 is 3. The first-order chi connectivity index (χ1) is 14.4. The summed E-state index contributed by atoms with van der Waals surface area (Å²) in [6, 6.07) is 8.60. The summed E-state index contributed by atoms with van der Waals surface area (Å²) in [4.78, 5) is 36.3. The first-order valence-electron chi connectivity index (χ1n) is 8.76. The van der Waals surface area contributed by atoms with E-state index in [1.807, 2.05) is 24.3 Å². The van der Waals surface area contributed by atoms with Crippen molar-refractivity contribution in [2.75, 3.05) is 21.3 Å². The normalized spacial score (nSPS) is 10.5. The fourth-order valence-corrected chi connectivity index (χ4v) is 2.65. The van der Waals surface area contributed by atoms with Gasteiger partial charge in [-0.2, -0.15) is 5.10 Å². The summed E-state index contributed by atoms with van der Waals surface area (Å²) < 4.78 is 17.0. The molecule has 0 saturated carbocycles. The maximum Gasteiger partial charge on any atom is 0.358 e. The lowest BCUT2D eigenvalue weighted by molar-refractivity contribution is 0.0580. The molecule has 2 aromatic heterocycles. The minimum Gasteiger partial charge on any atom is -0.497 e. The average molecular weight is 413 g/mol. The van der Waals surface area contributed by atoms with E-state index in [9.17, 15) is 14.4 Å². The van der Waals surface area contributed by atoms with E-state index < -0.39 is 17.7 Å². The van der Waals surface area contributed by atoms with Crippen LogP contribution in [0.1, 0.15) is 37.0 Å². The van der Waals surface area contributed by atoms with E-state index in [1.165, 1.54) is 31.2 Å². The third kappa shape index (κ3) is 4.51. The highest BCUT2D eigenvalue weighted by Gasteiger charge is 2.23. The fraction of sp³-hybridized carbons (Fsp3) is 0.263. The molecule has 2 heterocycles. The van der Waals surface area contributed by atoms with E-state index in [1.54, 1.807) is 7.11 Å². The number of esters is 2. The molecule has 0 fully saturated rings. The topological polar surface area (TPSA) is 127 Å². The first kappa shape index (κ1) is 20.7. The van der Waals surface area contributed by atoms with Gasteiger partial charge in [-0.25, -0.2) is 19.0 Å². The number of ether oxygens (including phenoxy) is 3. The van der Waals surface area contributed by atoms with Gasteiger partial charge in [0, 0.05) is 6.07 Å². The predicted octanol–water partition coefficient (Wildman–Crippen LogP) is 0.988. The molecule has 0 radical (unpaired) electrons. The average Bonchev–Trinajstić information content (AvgIpc) is 3.40. The van der Waals surface area contributed by atoms with Gasteiger partial charge in [-0.1, -0.05) is 17.3 Å². The number of carbonyl (C=O) groups excluding carboxylic acids is 3. The van der Waals surface area contributed by atoms with Gasteiger partial charge < -0.3 is 14.2 Å². The summed E-state index contributed by atoms with van der Waals surface area (Å²) in [5.41, 5.74) is 0.864. The summed E-state index contributed by atoms with van der Waals surface area (Å²) in [6.07, 6.45) is 1.50. The highest BCUT2D eigenvalue weighted by atomic mass is 16.5. The Hall–Kier alpha value is -4.02.